The van der Waals surface area contributed by atoms with E-state index in [0.29, 0.717) is 6.61 Å². The summed E-state index contributed by atoms with van der Waals surface area (Å²) in [6.07, 6.45) is 7.66. The van der Waals surface area contributed by atoms with Gasteiger partial charge in [0.25, 0.3) is 0 Å². The van der Waals surface area contributed by atoms with Crippen molar-refractivity contribution in [3.05, 3.63) is 36.0 Å². The van der Waals surface area contributed by atoms with Crippen LogP contribution in [-0.4, -0.2) is 13.7 Å². The third-order valence-corrected chi connectivity index (χ3v) is 3.34. The minimum atomic E-state index is -0.333. The van der Waals surface area contributed by atoms with Crippen LogP contribution in [0.4, 0.5) is 0 Å². The van der Waals surface area contributed by atoms with E-state index in [0.717, 1.165) is 29.8 Å². The van der Waals surface area contributed by atoms with Gasteiger partial charge < -0.3 is 14.0 Å². The van der Waals surface area contributed by atoms with Crippen molar-refractivity contribution in [3.63, 3.8) is 0 Å². The minimum Gasteiger partial charge on any atom is -0.519 e. The molecule has 0 spiro atoms. The molecular formula is C16H23BO3. The quantitative estimate of drug-likeness (QED) is 0.400. The van der Waals surface area contributed by atoms with Crippen molar-refractivity contribution in [1.82, 2.24) is 0 Å². The highest BCUT2D eigenvalue weighted by Gasteiger charge is 2.35. The highest BCUT2D eigenvalue weighted by Crippen LogP contribution is 2.35. The molecule has 0 aromatic heterocycles. The first kappa shape index (κ1) is 14.8. The second-order valence-corrected chi connectivity index (χ2v) is 4.97. The summed E-state index contributed by atoms with van der Waals surface area (Å²) < 4.78 is 17.1. The average Bonchev–Trinajstić information content (AvgIpc) is 2.90. The van der Waals surface area contributed by atoms with E-state index in [4.69, 9.17) is 14.0 Å². The number of benzene rings is 1. The van der Waals surface area contributed by atoms with Crippen molar-refractivity contribution in [2.45, 2.75) is 46.0 Å². The zero-order chi connectivity index (χ0) is 14.2. The SMILES string of the molecule is CCCCCC/C(=C\OCC)B1Oc2ccccc2O1. The van der Waals surface area contributed by atoms with E-state index >= 15 is 0 Å². The molecule has 0 bridgehead atoms. The lowest BCUT2D eigenvalue weighted by Gasteiger charge is -2.10. The molecule has 0 amide bonds. The van der Waals surface area contributed by atoms with Gasteiger partial charge in [-0.1, -0.05) is 38.3 Å². The van der Waals surface area contributed by atoms with Crippen LogP contribution < -0.4 is 9.31 Å². The molecule has 2 rings (SSSR count). The van der Waals surface area contributed by atoms with Gasteiger partial charge in [-0.15, -0.1) is 0 Å². The summed E-state index contributed by atoms with van der Waals surface area (Å²) in [5.41, 5.74) is 1.08. The highest BCUT2D eigenvalue weighted by atomic mass is 16.6. The number of unbranched alkanes of at least 4 members (excludes halogenated alkanes) is 3. The van der Waals surface area contributed by atoms with Gasteiger partial charge in [-0.3, -0.25) is 0 Å². The fourth-order valence-corrected chi connectivity index (χ4v) is 2.23. The number of hydrogen-bond donors (Lipinski definition) is 0. The smallest absolute Gasteiger partial charge is 0.519 e. The number of allylic oxidation sites excluding steroid dienone is 1. The molecule has 4 heteroatoms. The first-order valence-electron chi connectivity index (χ1n) is 7.58. The zero-order valence-corrected chi connectivity index (χ0v) is 12.4. The van der Waals surface area contributed by atoms with Gasteiger partial charge in [0.15, 0.2) is 0 Å². The third-order valence-electron chi connectivity index (χ3n) is 3.34. The Kier molecular flexibility index (Phi) is 5.84. The van der Waals surface area contributed by atoms with Crippen molar-refractivity contribution < 1.29 is 14.0 Å². The standard InChI is InChI=1S/C16H23BO3/c1-3-5-6-7-10-14(13-18-4-2)17-19-15-11-8-9-12-16(15)20-17/h8-9,11-13H,3-7,10H2,1-2H3/b14-13+. The molecule has 108 valence electrons. The van der Waals surface area contributed by atoms with Gasteiger partial charge in [-0.25, -0.2) is 0 Å². The van der Waals surface area contributed by atoms with Crippen molar-refractivity contribution in [3.8, 4) is 11.5 Å². The molecule has 0 atom stereocenters. The molecule has 1 aromatic rings. The van der Waals surface area contributed by atoms with Gasteiger partial charge in [-0.2, -0.15) is 0 Å². The molecule has 1 aliphatic heterocycles. The summed E-state index contributed by atoms with van der Waals surface area (Å²) >= 11 is 0. The van der Waals surface area contributed by atoms with Crippen LogP contribution in [0.5, 0.6) is 11.5 Å². The number of fused-ring (bicyclic) bond motifs is 1. The summed E-state index contributed by atoms with van der Waals surface area (Å²) in [5.74, 6) is 1.63. The van der Waals surface area contributed by atoms with E-state index in [1.54, 1.807) is 0 Å². The zero-order valence-electron chi connectivity index (χ0n) is 12.4. The lowest BCUT2D eigenvalue weighted by molar-refractivity contribution is 0.265. The van der Waals surface area contributed by atoms with Crippen LogP contribution in [0.25, 0.3) is 0 Å². The lowest BCUT2D eigenvalue weighted by Crippen LogP contribution is -2.28. The van der Waals surface area contributed by atoms with E-state index in [-0.39, 0.29) is 7.12 Å². The monoisotopic (exact) mass is 274 g/mol. The molecule has 0 unspecified atom stereocenters. The van der Waals surface area contributed by atoms with Gasteiger partial charge >= 0.3 is 7.12 Å². The Labute approximate surface area is 122 Å². The molecule has 0 fully saturated rings. The van der Waals surface area contributed by atoms with Crippen LogP contribution in [0.3, 0.4) is 0 Å². The van der Waals surface area contributed by atoms with Crippen LogP contribution in [0.15, 0.2) is 36.0 Å². The van der Waals surface area contributed by atoms with Gasteiger partial charge in [0.05, 0.1) is 12.9 Å². The first-order valence-corrected chi connectivity index (χ1v) is 7.58. The molecule has 0 N–H and O–H groups in total. The summed E-state index contributed by atoms with van der Waals surface area (Å²) in [6, 6.07) is 7.78. The minimum absolute atomic E-state index is 0.333. The molecule has 20 heavy (non-hydrogen) atoms. The molecule has 1 heterocycles. The molecular weight excluding hydrogens is 251 g/mol. The number of hydrogen-bond acceptors (Lipinski definition) is 3. The van der Waals surface area contributed by atoms with E-state index < -0.39 is 0 Å². The summed E-state index contributed by atoms with van der Waals surface area (Å²) in [7, 11) is -0.333. The van der Waals surface area contributed by atoms with E-state index in [9.17, 15) is 0 Å². The van der Waals surface area contributed by atoms with Crippen LogP contribution >= 0.6 is 0 Å². The molecule has 0 aliphatic carbocycles. The van der Waals surface area contributed by atoms with Crippen molar-refractivity contribution in [2.24, 2.45) is 0 Å². The molecule has 0 saturated heterocycles. The predicted octanol–water partition coefficient (Wildman–Crippen LogP) is 4.38. The number of ether oxygens (including phenoxy) is 1. The Balaban J connectivity index is 1.94. The van der Waals surface area contributed by atoms with Crippen LogP contribution in [-0.2, 0) is 4.74 Å². The van der Waals surface area contributed by atoms with Gasteiger partial charge in [-0.05, 0) is 31.9 Å². The molecule has 1 aliphatic rings. The fourth-order valence-electron chi connectivity index (χ4n) is 2.23. The van der Waals surface area contributed by atoms with Gasteiger partial charge in [0, 0.05) is 5.47 Å². The normalized spacial score (nSPS) is 13.7. The second-order valence-electron chi connectivity index (χ2n) is 4.97. The largest absolute Gasteiger partial charge is 0.631 e. The molecule has 0 radical (unpaired) electrons. The maximum Gasteiger partial charge on any atom is 0.631 e. The van der Waals surface area contributed by atoms with Crippen LogP contribution in [0, 0.1) is 0 Å². The Bertz CT molecular complexity index is 420. The van der Waals surface area contributed by atoms with Crippen LogP contribution in [0.1, 0.15) is 46.0 Å². The van der Waals surface area contributed by atoms with Crippen molar-refractivity contribution in [1.29, 1.82) is 0 Å². The maximum absolute atomic E-state index is 5.85. The second kappa shape index (κ2) is 7.88. The number of para-hydroxylation sites is 2. The van der Waals surface area contributed by atoms with Crippen molar-refractivity contribution in [2.75, 3.05) is 6.61 Å². The Morgan fingerprint density at radius 1 is 1.10 bits per heavy atom. The van der Waals surface area contributed by atoms with Gasteiger partial charge in [0.1, 0.15) is 11.5 Å². The van der Waals surface area contributed by atoms with Crippen LogP contribution in [0.2, 0.25) is 0 Å². The van der Waals surface area contributed by atoms with E-state index in [1.807, 2.05) is 37.5 Å². The predicted molar refractivity (Wildman–Crippen MR) is 81.9 cm³/mol. The highest BCUT2D eigenvalue weighted by molar-refractivity contribution is 6.56. The molecule has 0 saturated carbocycles. The molecule has 3 nitrogen and oxygen atoms in total. The Morgan fingerprint density at radius 3 is 2.40 bits per heavy atom. The Morgan fingerprint density at radius 2 is 1.80 bits per heavy atom. The summed E-state index contributed by atoms with van der Waals surface area (Å²) in [6.45, 7) is 4.87. The topological polar surface area (TPSA) is 27.7 Å². The maximum atomic E-state index is 5.85. The van der Waals surface area contributed by atoms with Crippen molar-refractivity contribution >= 4 is 7.12 Å². The average molecular weight is 274 g/mol. The Hall–Kier alpha value is -1.58. The van der Waals surface area contributed by atoms with E-state index in [1.165, 1.54) is 19.3 Å². The summed E-state index contributed by atoms with van der Waals surface area (Å²) in [4.78, 5) is 0. The number of rotatable bonds is 8. The first-order chi connectivity index (χ1) is 9.85. The summed E-state index contributed by atoms with van der Waals surface area (Å²) in [5, 5.41) is 0. The lowest BCUT2D eigenvalue weighted by atomic mass is 9.76. The third kappa shape index (κ3) is 3.96. The molecule has 1 aromatic carbocycles. The van der Waals surface area contributed by atoms with E-state index in [2.05, 4.69) is 6.92 Å². The van der Waals surface area contributed by atoms with Gasteiger partial charge in [0.2, 0.25) is 0 Å². The fraction of sp³-hybridized carbons (Fsp3) is 0.500.